The van der Waals surface area contributed by atoms with E-state index < -0.39 is 11.9 Å². The Morgan fingerprint density at radius 1 is 1.17 bits per heavy atom. The van der Waals surface area contributed by atoms with Crippen LogP contribution in [0.4, 0.5) is 18.9 Å². The Morgan fingerprint density at radius 3 is 2.71 bits per heavy atom. The lowest BCUT2D eigenvalue weighted by Gasteiger charge is -2.34. The fraction of sp³-hybridized carbons (Fsp3) is 0.412. The molecule has 2 aromatic heterocycles. The second-order valence-corrected chi connectivity index (χ2v) is 5.83. The fourth-order valence-corrected chi connectivity index (χ4v) is 2.81. The third-order valence-electron chi connectivity index (χ3n) is 4.03. The van der Waals surface area contributed by atoms with Crippen molar-refractivity contribution >= 4 is 5.69 Å². The lowest BCUT2D eigenvalue weighted by atomic mass is 9.98. The highest BCUT2D eigenvalue weighted by atomic mass is 19.4. The van der Waals surface area contributed by atoms with Gasteiger partial charge in [0.05, 0.1) is 18.5 Å². The Labute approximate surface area is 138 Å². The molecule has 3 heterocycles. The van der Waals surface area contributed by atoms with Gasteiger partial charge in [0.2, 0.25) is 5.88 Å². The molecule has 0 saturated carbocycles. The molecule has 0 radical (unpaired) electrons. The van der Waals surface area contributed by atoms with Gasteiger partial charge in [-0.2, -0.15) is 13.2 Å². The third-order valence-corrected chi connectivity index (χ3v) is 4.03. The van der Waals surface area contributed by atoms with E-state index in [-0.39, 0.29) is 0 Å². The van der Waals surface area contributed by atoms with Gasteiger partial charge in [-0.15, -0.1) is 0 Å². The summed E-state index contributed by atoms with van der Waals surface area (Å²) in [6, 6.07) is 8.01. The van der Waals surface area contributed by atoms with Crippen LogP contribution in [-0.2, 0) is 6.18 Å². The van der Waals surface area contributed by atoms with Crippen LogP contribution in [0, 0.1) is 5.92 Å². The van der Waals surface area contributed by atoms with Crippen molar-refractivity contribution in [2.75, 3.05) is 24.6 Å². The lowest BCUT2D eigenvalue weighted by Crippen LogP contribution is -2.37. The van der Waals surface area contributed by atoms with Gasteiger partial charge in [-0.25, -0.2) is 9.97 Å². The summed E-state index contributed by atoms with van der Waals surface area (Å²) in [4.78, 5) is 9.72. The summed E-state index contributed by atoms with van der Waals surface area (Å²) in [6.07, 6.45) is 0.565. The number of alkyl halides is 3. The average molecular weight is 337 g/mol. The normalized spacial score (nSPS) is 18.5. The molecule has 1 aliphatic heterocycles. The van der Waals surface area contributed by atoms with E-state index in [9.17, 15) is 13.2 Å². The first kappa shape index (κ1) is 16.5. The van der Waals surface area contributed by atoms with Crippen molar-refractivity contribution in [2.45, 2.75) is 19.0 Å². The van der Waals surface area contributed by atoms with Crippen LogP contribution in [-0.4, -0.2) is 29.7 Å². The smallest absolute Gasteiger partial charge is 0.433 e. The van der Waals surface area contributed by atoms with Gasteiger partial charge >= 0.3 is 6.18 Å². The van der Waals surface area contributed by atoms with Gasteiger partial charge in [0.25, 0.3) is 0 Å². The number of nitrogens with zero attached hydrogens (tertiary/aromatic N) is 3. The first-order chi connectivity index (χ1) is 11.5. The summed E-state index contributed by atoms with van der Waals surface area (Å²) in [5, 5.41) is 0. The first-order valence-corrected chi connectivity index (χ1v) is 7.84. The van der Waals surface area contributed by atoms with Crippen molar-refractivity contribution in [3.05, 3.63) is 48.4 Å². The highest BCUT2D eigenvalue weighted by Gasteiger charge is 2.32. The Balaban J connectivity index is 1.59. The fourth-order valence-electron chi connectivity index (χ4n) is 2.81. The van der Waals surface area contributed by atoms with Crippen LogP contribution in [0.3, 0.4) is 0 Å². The summed E-state index contributed by atoms with van der Waals surface area (Å²) in [5.41, 5.74) is -0.149. The molecule has 1 saturated heterocycles. The molecule has 24 heavy (non-hydrogen) atoms. The van der Waals surface area contributed by atoms with E-state index in [4.69, 9.17) is 4.74 Å². The summed E-state index contributed by atoms with van der Waals surface area (Å²) in [5.74, 6) is 0.897. The monoisotopic (exact) mass is 337 g/mol. The molecule has 3 rings (SSSR count). The first-order valence-electron chi connectivity index (χ1n) is 7.84. The average Bonchev–Trinajstić information content (AvgIpc) is 2.60. The molecule has 0 amide bonds. The second-order valence-electron chi connectivity index (χ2n) is 5.83. The standard InChI is InChI=1S/C17H18F3N3O/c18-17(19,20)15-7-6-14(10-22-15)23-9-3-4-13(11-23)12-24-16-5-1-2-8-21-16/h1-2,5-8,10,13H,3-4,9,11-12H2. The topological polar surface area (TPSA) is 38.2 Å². The SMILES string of the molecule is FC(F)(F)c1ccc(N2CCCC(COc3ccccn3)C2)cn1. The summed E-state index contributed by atoms with van der Waals surface area (Å²) in [7, 11) is 0. The minimum atomic E-state index is -4.40. The van der Waals surface area contributed by atoms with E-state index in [1.54, 1.807) is 12.3 Å². The Hall–Kier alpha value is -2.31. The molecule has 7 heteroatoms. The van der Waals surface area contributed by atoms with Gasteiger partial charge in [0.1, 0.15) is 5.69 Å². The molecule has 0 aliphatic carbocycles. The van der Waals surface area contributed by atoms with E-state index in [2.05, 4.69) is 14.9 Å². The van der Waals surface area contributed by atoms with Crippen LogP contribution in [0.1, 0.15) is 18.5 Å². The van der Waals surface area contributed by atoms with Gasteiger partial charge in [-0.3, -0.25) is 0 Å². The maximum Gasteiger partial charge on any atom is 0.433 e. The highest BCUT2D eigenvalue weighted by molar-refractivity contribution is 5.45. The van der Waals surface area contributed by atoms with Gasteiger partial charge in [0.15, 0.2) is 0 Å². The number of halogens is 3. The minimum absolute atomic E-state index is 0.308. The van der Waals surface area contributed by atoms with Crippen LogP contribution in [0.15, 0.2) is 42.7 Å². The zero-order valence-corrected chi connectivity index (χ0v) is 13.0. The number of hydrogen-bond acceptors (Lipinski definition) is 4. The molecule has 128 valence electrons. The third kappa shape index (κ3) is 4.15. The van der Waals surface area contributed by atoms with Crippen LogP contribution < -0.4 is 9.64 Å². The van der Waals surface area contributed by atoms with Crippen LogP contribution in [0.25, 0.3) is 0 Å². The van der Waals surface area contributed by atoms with Crippen molar-refractivity contribution in [3.8, 4) is 5.88 Å². The number of aromatic nitrogens is 2. The molecule has 1 aliphatic rings. The quantitative estimate of drug-likeness (QED) is 0.851. The molecule has 1 unspecified atom stereocenters. The van der Waals surface area contributed by atoms with Gasteiger partial charge in [0, 0.05) is 31.3 Å². The van der Waals surface area contributed by atoms with Gasteiger partial charge in [-0.05, 0) is 31.0 Å². The van der Waals surface area contributed by atoms with Crippen molar-refractivity contribution in [1.82, 2.24) is 9.97 Å². The van der Waals surface area contributed by atoms with Crippen LogP contribution in [0.5, 0.6) is 5.88 Å². The highest BCUT2D eigenvalue weighted by Crippen LogP contribution is 2.29. The molecule has 1 fully saturated rings. The number of pyridine rings is 2. The minimum Gasteiger partial charge on any atom is -0.477 e. The van der Waals surface area contributed by atoms with Gasteiger partial charge in [-0.1, -0.05) is 6.07 Å². The largest absolute Gasteiger partial charge is 0.477 e. The zero-order chi connectivity index (χ0) is 17.0. The Morgan fingerprint density at radius 2 is 2.04 bits per heavy atom. The molecule has 1 atom stereocenters. The predicted molar refractivity (Wildman–Crippen MR) is 83.9 cm³/mol. The molecular formula is C17H18F3N3O. The van der Waals surface area contributed by atoms with E-state index in [1.165, 1.54) is 12.3 Å². The van der Waals surface area contributed by atoms with E-state index >= 15 is 0 Å². The summed E-state index contributed by atoms with van der Waals surface area (Å²) >= 11 is 0. The van der Waals surface area contributed by atoms with Crippen molar-refractivity contribution in [2.24, 2.45) is 5.92 Å². The zero-order valence-electron chi connectivity index (χ0n) is 13.0. The predicted octanol–water partition coefficient (Wildman–Crippen LogP) is 3.79. The van der Waals surface area contributed by atoms with Crippen molar-refractivity contribution in [3.63, 3.8) is 0 Å². The summed E-state index contributed by atoms with van der Waals surface area (Å²) < 4.78 is 43.5. The number of ether oxygens (including phenoxy) is 1. The molecule has 2 aromatic rings. The lowest BCUT2D eigenvalue weighted by molar-refractivity contribution is -0.141. The maximum absolute atomic E-state index is 12.6. The number of rotatable bonds is 4. The number of anilines is 1. The van der Waals surface area contributed by atoms with Crippen LogP contribution in [0.2, 0.25) is 0 Å². The van der Waals surface area contributed by atoms with E-state index in [0.717, 1.165) is 32.0 Å². The number of piperidine rings is 1. The molecule has 4 nitrogen and oxygen atoms in total. The number of hydrogen-bond donors (Lipinski definition) is 0. The van der Waals surface area contributed by atoms with Crippen molar-refractivity contribution < 1.29 is 17.9 Å². The maximum atomic E-state index is 12.6. The second kappa shape index (κ2) is 7.07. The van der Waals surface area contributed by atoms with Crippen LogP contribution >= 0.6 is 0 Å². The van der Waals surface area contributed by atoms with E-state index in [0.29, 0.717) is 24.1 Å². The molecule has 0 N–H and O–H groups in total. The molecule has 0 aromatic carbocycles. The van der Waals surface area contributed by atoms with Crippen molar-refractivity contribution in [1.29, 1.82) is 0 Å². The molecular weight excluding hydrogens is 319 g/mol. The Bertz CT molecular complexity index is 646. The molecule has 0 spiro atoms. The Kier molecular flexibility index (Phi) is 4.87. The summed E-state index contributed by atoms with van der Waals surface area (Å²) in [6.45, 7) is 2.09. The van der Waals surface area contributed by atoms with E-state index in [1.807, 2.05) is 12.1 Å². The molecule has 0 bridgehead atoms. The van der Waals surface area contributed by atoms with Gasteiger partial charge < -0.3 is 9.64 Å².